The van der Waals surface area contributed by atoms with E-state index in [0.717, 1.165) is 11.8 Å². The summed E-state index contributed by atoms with van der Waals surface area (Å²) in [6.45, 7) is 0.0937. The lowest BCUT2D eigenvalue weighted by molar-refractivity contribution is 0.0600. The molecule has 94 valence electrons. The summed E-state index contributed by atoms with van der Waals surface area (Å²) in [5.41, 5.74) is 1.35. The summed E-state index contributed by atoms with van der Waals surface area (Å²) in [6, 6.07) is 6.72. The molecule has 17 heavy (non-hydrogen) atoms. The topological polar surface area (TPSA) is 69.7 Å². The van der Waals surface area contributed by atoms with Gasteiger partial charge in [0.25, 0.3) is 10.1 Å². The van der Waals surface area contributed by atoms with E-state index < -0.39 is 16.1 Å². The molecule has 0 bridgehead atoms. The number of carbonyl (C=O) groups is 1. The number of hydrogen-bond acceptors (Lipinski definition) is 5. The third-order valence-electron chi connectivity index (χ3n) is 2.06. The van der Waals surface area contributed by atoms with Crippen LogP contribution in [0, 0.1) is 0 Å². The van der Waals surface area contributed by atoms with Gasteiger partial charge >= 0.3 is 5.97 Å². The van der Waals surface area contributed by atoms with Gasteiger partial charge in [-0.25, -0.2) is 4.79 Å². The van der Waals surface area contributed by atoms with E-state index in [-0.39, 0.29) is 6.61 Å². The molecule has 0 spiro atoms. The summed E-state index contributed by atoms with van der Waals surface area (Å²) in [5, 5.41) is 0. The lowest BCUT2D eigenvalue weighted by atomic mass is 10.1. The standard InChI is InChI=1S/C11H14O5S/c1-15-11(12)10-5-3-9(4-6-10)7-8-16-17(2,13)14/h3-6H,7-8H2,1-2H3. The summed E-state index contributed by atoms with van der Waals surface area (Å²) in [5.74, 6) is -0.399. The van der Waals surface area contributed by atoms with Gasteiger partial charge in [-0.3, -0.25) is 4.18 Å². The number of rotatable bonds is 5. The van der Waals surface area contributed by atoms with Crippen molar-refractivity contribution in [2.24, 2.45) is 0 Å². The molecule has 5 nitrogen and oxygen atoms in total. The molecule has 0 saturated carbocycles. The second-order valence-electron chi connectivity index (χ2n) is 3.46. The maximum atomic E-state index is 11.1. The molecule has 0 aromatic heterocycles. The van der Waals surface area contributed by atoms with Gasteiger partial charge in [0.1, 0.15) is 0 Å². The van der Waals surface area contributed by atoms with Gasteiger partial charge in [-0.05, 0) is 24.1 Å². The van der Waals surface area contributed by atoms with Crippen molar-refractivity contribution < 1.29 is 22.1 Å². The largest absolute Gasteiger partial charge is 0.465 e. The maximum absolute atomic E-state index is 11.1. The average Bonchev–Trinajstić information content (AvgIpc) is 2.27. The predicted octanol–water partition coefficient (Wildman–Crippen LogP) is 0.992. The van der Waals surface area contributed by atoms with Crippen LogP contribution in [0.25, 0.3) is 0 Å². The van der Waals surface area contributed by atoms with Gasteiger partial charge in [-0.15, -0.1) is 0 Å². The number of carbonyl (C=O) groups excluding carboxylic acids is 1. The highest BCUT2D eigenvalue weighted by Gasteiger charge is 2.05. The van der Waals surface area contributed by atoms with Gasteiger partial charge in [0.15, 0.2) is 0 Å². The van der Waals surface area contributed by atoms with Crippen molar-refractivity contribution >= 4 is 16.1 Å². The predicted molar refractivity (Wildman–Crippen MR) is 62.3 cm³/mol. The van der Waals surface area contributed by atoms with Crippen LogP contribution in [-0.2, 0) is 25.5 Å². The van der Waals surface area contributed by atoms with Crippen LogP contribution >= 0.6 is 0 Å². The lowest BCUT2D eigenvalue weighted by Crippen LogP contribution is -2.06. The van der Waals surface area contributed by atoms with E-state index in [1.54, 1.807) is 24.3 Å². The minimum atomic E-state index is -3.39. The molecular formula is C11H14O5S. The smallest absolute Gasteiger partial charge is 0.337 e. The lowest BCUT2D eigenvalue weighted by Gasteiger charge is -2.03. The Bertz CT molecular complexity index is 475. The normalized spacial score (nSPS) is 11.2. The Morgan fingerprint density at radius 2 is 1.82 bits per heavy atom. The van der Waals surface area contributed by atoms with Crippen molar-refractivity contribution in [2.75, 3.05) is 20.0 Å². The van der Waals surface area contributed by atoms with Crippen LogP contribution < -0.4 is 0 Å². The summed E-state index contributed by atoms with van der Waals surface area (Å²) in [4.78, 5) is 11.1. The minimum absolute atomic E-state index is 0.0937. The van der Waals surface area contributed by atoms with Gasteiger partial charge in [0.2, 0.25) is 0 Å². The van der Waals surface area contributed by atoms with Crippen molar-refractivity contribution in [1.82, 2.24) is 0 Å². The average molecular weight is 258 g/mol. The summed E-state index contributed by atoms with van der Waals surface area (Å²) in [7, 11) is -2.08. The molecule has 0 aliphatic rings. The van der Waals surface area contributed by atoms with Crippen LogP contribution in [0.4, 0.5) is 0 Å². The fraction of sp³-hybridized carbons (Fsp3) is 0.364. The first kappa shape index (κ1) is 13.7. The Morgan fingerprint density at radius 3 is 2.29 bits per heavy atom. The zero-order chi connectivity index (χ0) is 12.9. The van der Waals surface area contributed by atoms with E-state index in [1.165, 1.54) is 7.11 Å². The molecule has 0 aliphatic carbocycles. The number of benzene rings is 1. The third-order valence-corrected chi connectivity index (χ3v) is 2.66. The van der Waals surface area contributed by atoms with Crippen molar-refractivity contribution in [3.05, 3.63) is 35.4 Å². The highest BCUT2D eigenvalue weighted by Crippen LogP contribution is 2.07. The molecule has 0 fully saturated rings. The second kappa shape index (κ2) is 5.79. The molecule has 1 aromatic carbocycles. The fourth-order valence-corrected chi connectivity index (χ4v) is 1.62. The highest BCUT2D eigenvalue weighted by molar-refractivity contribution is 7.85. The fourth-order valence-electron chi connectivity index (χ4n) is 1.24. The summed E-state index contributed by atoms with van der Waals surface area (Å²) < 4.78 is 30.6. The highest BCUT2D eigenvalue weighted by atomic mass is 32.2. The Kier molecular flexibility index (Phi) is 4.65. The van der Waals surface area contributed by atoms with Crippen molar-refractivity contribution in [3.8, 4) is 0 Å². The number of methoxy groups -OCH3 is 1. The molecule has 0 aliphatic heterocycles. The monoisotopic (exact) mass is 258 g/mol. The van der Waals surface area contributed by atoms with E-state index in [4.69, 9.17) is 0 Å². The Balaban J connectivity index is 2.54. The molecule has 0 heterocycles. The Labute approximate surface area is 100 Å². The van der Waals surface area contributed by atoms with Gasteiger partial charge in [0.05, 0.1) is 25.5 Å². The quantitative estimate of drug-likeness (QED) is 0.582. The molecular weight excluding hydrogens is 244 g/mol. The minimum Gasteiger partial charge on any atom is -0.465 e. The SMILES string of the molecule is COC(=O)c1ccc(CCOS(C)(=O)=O)cc1. The first-order valence-corrected chi connectivity index (χ1v) is 6.75. The van der Waals surface area contributed by atoms with E-state index >= 15 is 0 Å². The molecule has 0 unspecified atom stereocenters. The first-order valence-electron chi connectivity index (χ1n) is 4.94. The molecule has 0 N–H and O–H groups in total. The molecule has 0 saturated heterocycles. The molecule has 6 heteroatoms. The number of esters is 1. The summed E-state index contributed by atoms with van der Waals surface area (Å²) >= 11 is 0. The van der Waals surface area contributed by atoms with Crippen molar-refractivity contribution in [1.29, 1.82) is 0 Å². The van der Waals surface area contributed by atoms with Crippen LogP contribution in [0.15, 0.2) is 24.3 Å². The van der Waals surface area contributed by atoms with Crippen LogP contribution in [0.5, 0.6) is 0 Å². The second-order valence-corrected chi connectivity index (χ2v) is 5.11. The van der Waals surface area contributed by atoms with Gasteiger partial charge in [0, 0.05) is 0 Å². The van der Waals surface area contributed by atoms with Crippen LogP contribution in [0.2, 0.25) is 0 Å². The molecule has 0 radical (unpaired) electrons. The van der Waals surface area contributed by atoms with E-state index in [1.807, 2.05) is 0 Å². The van der Waals surface area contributed by atoms with Gasteiger partial charge in [-0.2, -0.15) is 8.42 Å². The van der Waals surface area contributed by atoms with Crippen LogP contribution in [0.3, 0.4) is 0 Å². The van der Waals surface area contributed by atoms with Crippen LogP contribution in [-0.4, -0.2) is 34.4 Å². The summed E-state index contributed by atoms with van der Waals surface area (Å²) in [6.07, 6.45) is 1.47. The third kappa shape index (κ3) is 4.97. The van der Waals surface area contributed by atoms with Crippen molar-refractivity contribution in [3.63, 3.8) is 0 Å². The Morgan fingerprint density at radius 1 is 1.24 bits per heavy atom. The molecule has 1 rings (SSSR count). The first-order chi connectivity index (χ1) is 7.92. The molecule has 0 atom stereocenters. The van der Waals surface area contributed by atoms with Crippen molar-refractivity contribution in [2.45, 2.75) is 6.42 Å². The molecule has 1 aromatic rings. The number of hydrogen-bond donors (Lipinski definition) is 0. The van der Waals surface area contributed by atoms with E-state index in [9.17, 15) is 13.2 Å². The van der Waals surface area contributed by atoms with E-state index in [0.29, 0.717) is 12.0 Å². The Hall–Kier alpha value is -1.40. The zero-order valence-electron chi connectivity index (χ0n) is 9.67. The number of ether oxygens (including phenoxy) is 1. The molecule has 0 amide bonds. The van der Waals surface area contributed by atoms with Crippen LogP contribution in [0.1, 0.15) is 15.9 Å². The van der Waals surface area contributed by atoms with Gasteiger partial charge in [-0.1, -0.05) is 12.1 Å². The van der Waals surface area contributed by atoms with Gasteiger partial charge < -0.3 is 4.74 Å². The zero-order valence-corrected chi connectivity index (χ0v) is 10.5. The van der Waals surface area contributed by atoms with E-state index in [2.05, 4.69) is 8.92 Å². The maximum Gasteiger partial charge on any atom is 0.337 e.